The zero-order valence-corrected chi connectivity index (χ0v) is 30.0. The maximum Gasteiger partial charge on any atom is 0.161 e. The van der Waals surface area contributed by atoms with Crippen LogP contribution in [-0.2, 0) is 5.41 Å². The van der Waals surface area contributed by atoms with E-state index >= 15 is 0 Å². The van der Waals surface area contributed by atoms with Crippen molar-refractivity contribution in [3.05, 3.63) is 193 Å². The molecule has 1 aromatic heterocycles. The topological polar surface area (TPSA) is 58.8 Å². The maximum atomic E-state index is 9.89. The van der Waals surface area contributed by atoms with Gasteiger partial charge in [0.1, 0.15) is 11.5 Å². The number of fused-ring (bicyclic) bond motifs is 2. The fourth-order valence-electron chi connectivity index (χ4n) is 7.62. The summed E-state index contributed by atoms with van der Waals surface area (Å²) in [6.45, 7) is 4.31. The zero-order chi connectivity index (χ0) is 36.6. The summed E-state index contributed by atoms with van der Waals surface area (Å²) >= 11 is 0. The quantitative estimate of drug-likeness (QED) is 0.174. The Kier molecular flexibility index (Phi) is 8.18. The van der Waals surface area contributed by atoms with E-state index in [0.29, 0.717) is 17.1 Å². The smallest absolute Gasteiger partial charge is 0.161 e. The normalized spacial score (nSPS) is 12.5. The molecule has 4 nitrogen and oxygen atoms in total. The van der Waals surface area contributed by atoms with Crippen molar-refractivity contribution in [3.63, 3.8) is 0 Å². The zero-order valence-electron chi connectivity index (χ0n) is 30.0. The minimum Gasteiger partial charge on any atom is -0.457 e. The molecule has 0 bridgehead atoms. The predicted octanol–water partition coefficient (Wildman–Crippen LogP) is 12.8. The van der Waals surface area contributed by atoms with Gasteiger partial charge in [-0.1, -0.05) is 166 Å². The molecule has 8 aromatic rings. The Hall–Kier alpha value is -7.09. The van der Waals surface area contributed by atoms with E-state index in [9.17, 15) is 5.26 Å². The van der Waals surface area contributed by atoms with Crippen LogP contribution in [0.25, 0.3) is 67.3 Å². The standard InChI is InChI=1S/C50H35N3O/c1-50(2)43-29-28-39(30-47(43)54-46-19-11-16-40(32-51)48(46)50)41-17-9-10-18-42(41)49-52-44(37-24-20-35(21-25-37)33-12-5-3-6-13-33)31-45(53-49)38-26-22-36(23-27-38)34-14-7-4-8-15-34/h3-31H,1-2H3. The number of hydrogen-bond acceptors (Lipinski definition) is 4. The molecule has 0 atom stereocenters. The molecule has 2 heterocycles. The first kappa shape index (κ1) is 32.8. The molecule has 0 N–H and O–H groups in total. The third-order valence-corrected chi connectivity index (χ3v) is 10.4. The third kappa shape index (κ3) is 5.92. The number of benzene rings is 7. The lowest BCUT2D eigenvalue weighted by Crippen LogP contribution is -2.25. The second-order valence-corrected chi connectivity index (χ2v) is 14.1. The second-order valence-electron chi connectivity index (χ2n) is 14.1. The number of hydrogen-bond donors (Lipinski definition) is 0. The van der Waals surface area contributed by atoms with Gasteiger partial charge in [0, 0.05) is 33.2 Å². The van der Waals surface area contributed by atoms with Crippen LogP contribution in [0.3, 0.4) is 0 Å². The van der Waals surface area contributed by atoms with E-state index in [2.05, 4.69) is 153 Å². The highest BCUT2D eigenvalue weighted by molar-refractivity contribution is 5.84. The van der Waals surface area contributed by atoms with Crippen LogP contribution in [0.5, 0.6) is 11.5 Å². The molecule has 0 unspecified atom stereocenters. The van der Waals surface area contributed by atoms with Crippen LogP contribution in [-0.4, -0.2) is 9.97 Å². The van der Waals surface area contributed by atoms with Gasteiger partial charge in [-0.05, 0) is 57.6 Å². The summed E-state index contributed by atoms with van der Waals surface area (Å²) in [4.78, 5) is 10.5. The highest BCUT2D eigenvalue weighted by Gasteiger charge is 2.36. The Morgan fingerprint density at radius 3 is 1.54 bits per heavy atom. The summed E-state index contributed by atoms with van der Waals surface area (Å²) in [5.41, 5.74) is 13.5. The van der Waals surface area contributed by atoms with Crippen LogP contribution in [0, 0.1) is 11.3 Å². The summed E-state index contributed by atoms with van der Waals surface area (Å²) < 4.78 is 6.52. The first-order chi connectivity index (χ1) is 26.5. The Morgan fingerprint density at radius 2 is 0.963 bits per heavy atom. The highest BCUT2D eigenvalue weighted by Crippen LogP contribution is 2.50. The highest BCUT2D eigenvalue weighted by atomic mass is 16.5. The number of ether oxygens (including phenoxy) is 1. The minimum absolute atomic E-state index is 0.411. The molecule has 7 aromatic carbocycles. The molecule has 256 valence electrons. The molecule has 1 aliphatic heterocycles. The molecule has 54 heavy (non-hydrogen) atoms. The van der Waals surface area contributed by atoms with Crippen molar-refractivity contribution in [2.24, 2.45) is 0 Å². The minimum atomic E-state index is -0.411. The number of nitriles is 1. The van der Waals surface area contributed by atoms with Crippen molar-refractivity contribution in [2.75, 3.05) is 0 Å². The van der Waals surface area contributed by atoms with E-state index in [1.165, 1.54) is 11.1 Å². The molecule has 0 fully saturated rings. The summed E-state index contributed by atoms with van der Waals surface area (Å²) in [5.74, 6) is 2.14. The second kappa shape index (κ2) is 13.5. The van der Waals surface area contributed by atoms with E-state index in [0.717, 1.165) is 67.2 Å². The predicted molar refractivity (Wildman–Crippen MR) is 218 cm³/mol. The molecule has 0 radical (unpaired) electrons. The summed E-state index contributed by atoms with van der Waals surface area (Å²) in [6, 6.07) is 62.8. The summed E-state index contributed by atoms with van der Waals surface area (Å²) in [7, 11) is 0. The van der Waals surface area contributed by atoms with Crippen molar-refractivity contribution in [1.82, 2.24) is 9.97 Å². The van der Waals surface area contributed by atoms with Crippen LogP contribution < -0.4 is 4.74 Å². The third-order valence-electron chi connectivity index (χ3n) is 10.4. The SMILES string of the molecule is CC1(C)c2ccc(-c3ccccc3-c3nc(-c4ccc(-c5ccccc5)cc4)cc(-c4ccc(-c5ccccc5)cc4)n3)cc2Oc2cccc(C#N)c21. The van der Waals surface area contributed by atoms with Crippen LogP contribution in [0.15, 0.2) is 176 Å². The van der Waals surface area contributed by atoms with Crippen molar-refractivity contribution in [1.29, 1.82) is 5.26 Å². The molecule has 0 spiro atoms. The molecule has 9 rings (SSSR count). The van der Waals surface area contributed by atoms with E-state index in [1.807, 2.05) is 42.5 Å². The van der Waals surface area contributed by atoms with Gasteiger partial charge >= 0.3 is 0 Å². The van der Waals surface area contributed by atoms with Crippen molar-refractivity contribution < 1.29 is 4.74 Å². The largest absolute Gasteiger partial charge is 0.457 e. The van der Waals surface area contributed by atoms with Crippen molar-refractivity contribution in [3.8, 4) is 84.9 Å². The average Bonchev–Trinajstić information content (AvgIpc) is 3.24. The van der Waals surface area contributed by atoms with Crippen molar-refractivity contribution >= 4 is 0 Å². The summed E-state index contributed by atoms with van der Waals surface area (Å²) in [6.07, 6.45) is 0. The fraction of sp³-hybridized carbons (Fsp3) is 0.0600. The van der Waals surface area contributed by atoms with Gasteiger partial charge in [-0.15, -0.1) is 0 Å². The van der Waals surface area contributed by atoms with Gasteiger partial charge in [-0.3, -0.25) is 0 Å². The van der Waals surface area contributed by atoms with Gasteiger partial charge in [0.25, 0.3) is 0 Å². The molecule has 4 heteroatoms. The van der Waals surface area contributed by atoms with Crippen LogP contribution in [0.2, 0.25) is 0 Å². The first-order valence-corrected chi connectivity index (χ1v) is 18.1. The summed E-state index contributed by atoms with van der Waals surface area (Å²) in [5, 5.41) is 9.89. The van der Waals surface area contributed by atoms with Gasteiger partial charge in [0.2, 0.25) is 0 Å². The van der Waals surface area contributed by atoms with Gasteiger partial charge in [0.15, 0.2) is 5.82 Å². The average molecular weight is 694 g/mol. The molecular formula is C50H35N3O. The van der Waals surface area contributed by atoms with E-state index in [-0.39, 0.29) is 0 Å². The molecule has 1 aliphatic rings. The van der Waals surface area contributed by atoms with E-state index in [1.54, 1.807) is 0 Å². The number of nitrogens with zero attached hydrogens (tertiary/aromatic N) is 3. The maximum absolute atomic E-state index is 9.89. The lowest BCUT2D eigenvalue weighted by atomic mass is 9.73. The Labute approximate surface area is 315 Å². The van der Waals surface area contributed by atoms with Gasteiger partial charge in [0.05, 0.1) is 23.0 Å². The van der Waals surface area contributed by atoms with Crippen molar-refractivity contribution in [2.45, 2.75) is 19.3 Å². The number of aromatic nitrogens is 2. The molecule has 0 amide bonds. The molecule has 0 saturated heterocycles. The fourth-order valence-corrected chi connectivity index (χ4v) is 7.62. The van der Waals surface area contributed by atoms with E-state index in [4.69, 9.17) is 14.7 Å². The lowest BCUT2D eigenvalue weighted by molar-refractivity contribution is 0.417. The number of rotatable bonds is 6. The Morgan fingerprint density at radius 1 is 0.463 bits per heavy atom. The van der Waals surface area contributed by atoms with Crippen LogP contribution >= 0.6 is 0 Å². The van der Waals surface area contributed by atoms with Gasteiger partial charge < -0.3 is 4.74 Å². The Bertz CT molecular complexity index is 2590. The molecule has 0 saturated carbocycles. The van der Waals surface area contributed by atoms with Crippen LogP contribution in [0.1, 0.15) is 30.5 Å². The van der Waals surface area contributed by atoms with E-state index < -0.39 is 5.41 Å². The first-order valence-electron chi connectivity index (χ1n) is 18.1. The van der Waals surface area contributed by atoms with Gasteiger partial charge in [-0.2, -0.15) is 5.26 Å². The Balaban J connectivity index is 1.15. The van der Waals surface area contributed by atoms with Crippen LogP contribution in [0.4, 0.5) is 0 Å². The lowest BCUT2D eigenvalue weighted by Gasteiger charge is -2.35. The molecule has 0 aliphatic carbocycles. The molecular weight excluding hydrogens is 659 g/mol. The monoisotopic (exact) mass is 693 g/mol. The van der Waals surface area contributed by atoms with Gasteiger partial charge in [-0.25, -0.2) is 9.97 Å².